The molecule has 26 heavy (non-hydrogen) atoms. The van der Waals surface area contributed by atoms with Crippen LogP contribution in [0, 0.1) is 12.7 Å². The van der Waals surface area contributed by atoms with Crippen LogP contribution >= 0.6 is 0 Å². The van der Waals surface area contributed by atoms with Gasteiger partial charge in [-0.1, -0.05) is 30.3 Å². The van der Waals surface area contributed by atoms with E-state index in [4.69, 9.17) is 0 Å². The van der Waals surface area contributed by atoms with E-state index in [0.717, 1.165) is 23.2 Å². The van der Waals surface area contributed by atoms with Crippen molar-refractivity contribution in [2.45, 2.75) is 13.3 Å². The van der Waals surface area contributed by atoms with E-state index in [9.17, 15) is 9.18 Å². The summed E-state index contributed by atoms with van der Waals surface area (Å²) in [4.78, 5) is 20.5. The molecule has 0 aliphatic carbocycles. The number of aromatic nitrogens is 2. The average molecular weight is 350 g/mol. The first-order valence-electron chi connectivity index (χ1n) is 8.29. The highest BCUT2D eigenvalue weighted by atomic mass is 19.1. The molecule has 132 valence electrons. The first-order valence-corrected chi connectivity index (χ1v) is 8.29. The molecule has 0 unspecified atom stereocenters. The van der Waals surface area contributed by atoms with Crippen LogP contribution in [0.15, 0.2) is 60.9 Å². The maximum Gasteiger partial charge on any atom is 0.274 e. The summed E-state index contributed by atoms with van der Waals surface area (Å²) in [5, 5.41) is 6.00. The molecule has 6 heteroatoms. The third-order valence-corrected chi connectivity index (χ3v) is 3.93. The number of amides is 1. The Morgan fingerprint density at radius 3 is 2.62 bits per heavy atom. The number of anilines is 2. The summed E-state index contributed by atoms with van der Waals surface area (Å²) < 4.78 is 12.9. The molecule has 0 atom stereocenters. The van der Waals surface area contributed by atoms with Gasteiger partial charge in [0.1, 0.15) is 23.7 Å². The number of nitrogens with one attached hydrogen (secondary N) is 2. The van der Waals surface area contributed by atoms with Gasteiger partial charge in [0.15, 0.2) is 0 Å². The van der Waals surface area contributed by atoms with Crippen molar-refractivity contribution in [1.29, 1.82) is 0 Å². The second kappa shape index (κ2) is 8.20. The van der Waals surface area contributed by atoms with Gasteiger partial charge in [-0.3, -0.25) is 4.79 Å². The van der Waals surface area contributed by atoms with Gasteiger partial charge in [0.05, 0.1) is 0 Å². The van der Waals surface area contributed by atoms with Gasteiger partial charge in [-0.15, -0.1) is 0 Å². The van der Waals surface area contributed by atoms with Gasteiger partial charge in [-0.2, -0.15) is 0 Å². The molecule has 0 aliphatic rings. The fourth-order valence-corrected chi connectivity index (χ4v) is 2.46. The number of benzene rings is 2. The van der Waals surface area contributed by atoms with Crippen molar-refractivity contribution in [3.05, 3.63) is 83.6 Å². The number of para-hydroxylation sites is 1. The molecule has 5 nitrogen and oxygen atoms in total. The Balaban J connectivity index is 1.59. The number of carbonyl (C=O) groups is 1. The fourth-order valence-electron chi connectivity index (χ4n) is 2.46. The maximum absolute atomic E-state index is 12.9. The van der Waals surface area contributed by atoms with Crippen molar-refractivity contribution in [2.75, 3.05) is 17.2 Å². The molecule has 1 aromatic heterocycles. The Bertz CT molecular complexity index is 896. The molecular formula is C20H19FN4O. The Hall–Kier alpha value is -3.28. The number of rotatable bonds is 6. The minimum absolute atomic E-state index is 0.248. The Kier molecular flexibility index (Phi) is 5.53. The zero-order valence-corrected chi connectivity index (χ0v) is 14.4. The summed E-state index contributed by atoms with van der Waals surface area (Å²) in [5.74, 6) is 0.0298. The molecule has 3 rings (SSSR count). The van der Waals surface area contributed by atoms with Gasteiger partial charge in [0.25, 0.3) is 5.91 Å². The van der Waals surface area contributed by atoms with E-state index in [2.05, 4.69) is 20.6 Å². The van der Waals surface area contributed by atoms with Crippen LogP contribution in [0.5, 0.6) is 0 Å². The number of carbonyl (C=O) groups excluding carboxylic acids is 1. The van der Waals surface area contributed by atoms with Gasteiger partial charge < -0.3 is 10.6 Å². The fraction of sp³-hybridized carbons (Fsp3) is 0.150. The van der Waals surface area contributed by atoms with E-state index in [1.165, 1.54) is 18.5 Å². The van der Waals surface area contributed by atoms with Gasteiger partial charge in [0.2, 0.25) is 0 Å². The lowest BCUT2D eigenvalue weighted by Gasteiger charge is -2.09. The standard InChI is InChI=1S/C20H19FN4O/c1-14-4-2-3-5-17(14)25-20(26)18-12-19(24-13-23-18)22-11-10-15-6-8-16(21)9-7-15/h2-9,12-13H,10-11H2,1H3,(H,25,26)(H,22,23,24). The highest BCUT2D eigenvalue weighted by Gasteiger charge is 2.10. The number of halogens is 1. The monoisotopic (exact) mass is 350 g/mol. The molecule has 0 fully saturated rings. The lowest BCUT2D eigenvalue weighted by molar-refractivity contribution is 0.102. The highest BCUT2D eigenvalue weighted by Crippen LogP contribution is 2.15. The molecule has 0 saturated carbocycles. The highest BCUT2D eigenvalue weighted by molar-refractivity contribution is 6.03. The molecule has 3 aromatic rings. The van der Waals surface area contributed by atoms with E-state index >= 15 is 0 Å². The number of hydrogen-bond donors (Lipinski definition) is 2. The van der Waals surface area contributed by atoms with E-state index in [0.29, 0.717) is 12.4 Å². The summed E-state index contributed by atoms with van der Waals surface area (Å²) >= 11 is 0. The average Bonchev–Trinajstić information content (AvgIpc) is 2.65. The van der Waals surface area contributed by atoms with Crippen LogP contribution < -0.4 is 10.6 Å². The molecule has 1 heterocycles. The van der Waals surface area contributed by atoms with E-state index in [-0.39, 0.29) is 17.4 Å². The smallest absolute Gasteiger partial charge is 0.274 e. The maximum atomic E-state index is 12.9. The largest absolute Gasteiger partial charge is 0.370 e. The predicted molar refractivity (Wildman–Crippen MR) is 99.8 cm³/mol. The molecule has 1 amide bonds. The van der Waals surface area contributed by atoms with Crippen molar-refractivity contribution < 1.29 is 9.18 Å². The number of aryl methyl sites for hydroxylation is 1. The van der Waals surface area contributed by atoms with Crippen molar-refractivity contribution >= 4 is 17.4 Å². The molecule has 2 N–H and O–H groups in total. The summed E-state index contributed by atoms with van der Waals surface area (Å²) in [7, 11) is 0. The van der Waals surface area contributed by atoms with Crippen LogP contribution in [0.4, 0.5) is 15.9 Å². The Morgan fingerprint density at radius 2 is 1.85 bits per heavy atom. The quantitative estimate of drug-likeness (QED) is 0.709. The predicted octanol–water partition coefficient (Wildman–Crippen LogP) is 3.83. The van der Waals surface area contributed by atoms with Gasteiger partial charge in [-0.25, -0.2) is 14.4 Å². The Morgan fingerprint density at radius 1 is 1.08 bits per heavy atom. The third-order valence-electron chi connectivity index (χ3n) is 3.93. The molecule has 0 bridgehead atoms. The molecule has 0 aliphatic heterocycles. The van der Waals surface area contributed by atoms with Gasteiger partial charge in [-0.05, 0) is 42.7 Å². The van der Waals surface area contributed by atoms with Crippen LogP contribution in [-0.2, 0) is 6.42 Å². The third kappa shape index (κ3) is 4.63. The number of hydrogen-bond acceptors (Lipinski definition) is 4. The van der Waals surface area contributed by atoms with Crippen LogP contribution in [-0.4, -0.2) is 22.4 Å². The summed E-state index contributed by atoms with van der Waals surface area (Å²) in [6.45, 7) is 2.54. The molecular weight excluding hydrogens is 331 g/mol. The first-order chi connectivity index (χ1) is 12.6. The SMILES string of the molecule is Cc1ccccc1NC(=O)c1cc(NCCc2ccc(F)cc2)ncn1. The molecule has 0 radical (unpaired) electrons. The molecule has 0 saturated heterocycles. The minimum atomic E-state index is -0.289. The van der Waals surface area contributed by atoms with Gasteiger partial charge in [0, 0.05) is 18.3 Å². The topological polar surface area (TPSA) is 66.9 Å². The van der Waals surface area contributed by atoms with E-state index < -0.39 is 0 Å². The van der Waals surface area contributed by atoms with Crippen molar-refractivity contribution in [3.63, 3.8) is 0 Å². The molecule has 2 aromatic carbocycles. The Labute approximate surface area is 151 Å². The summed E-state index contributed by atoms with van der Waals surface area (Å²) in [6, 6.07) is 15.5. The summed E-state index contributed by atoms with van der Waals surface area (Å²) in [5.41, 5.74) is 3.03. The second-order valence-electron chi connectivity index (χ2n) is 5.86. The van der Waals surface area contributed by atoms with E-state index in [1.807, 2.05) is 31.2 Å². The van der Waals surface area contributed by atoms with Crippen molar-refractivity contribution in [3.8, 4) is 0 Å². The van der Waals surface area contributed by atoms with Crippen LogP contribution in [0.3, 0.4) is 0 Å². The van der Waals surface area contributed by atoms with Crippen LogP contribution in [0.1, 0.15) is 21.6 Å². The first kappa shape index (κ1) is 17.5. The van der Waals surface area contributed by atoms with Crippen molar-refractivity contribution in [1.82, 2.24) is 9.97 Å². The zero-order valence-electron chi connectivity index (χ0n) is 14.4. The van der Waals surface area contributed by atoms with E-state index in [1.54, 1.807) is 18.2 Å². The lowest BCUT2D eigenvalue weighted by atomic mass is 10.1. The van der Waals surface area contributed by atoms with Gasteiger partial charge >= 0.3 is 0 Å². The van der Waals surface area contributed by atoms with Crippen LogP contribution in [0.2, 0.25) is 0 Å². The van der Waals surface area contributed by atoms with Crippen LogP contribution in [0.25, 0.3) is 0 Å². The second-order valence-corrected chi connectivity index (χ2v) is 5.86. The minimum Gasteiger partial charge on any atom is -0.370 e. The van der Waals surface area contributed by atoms with Crippen molar-refractivity contribution in [2.24, 2.45) is 0 Å². The number of nitrogens with zero attached hydrogens (tertiary/aromatic N) is 2. The lowest BCUT2D eigenvalue weighted by Crippen LogP contribution is -2.15. The summed E-state index contributed by atoms with van der Waals surface area (Å²) in [6.07, 6.45) is 2.07. The zero-order chi connectivity index (χ0) is 18.4. The molecule has 0 spiro atoms. The normalized spacial score (nSPS) is 10.4.